The van der Waals surface area contributed by atoms with Gasteiger partial charge in [0, 0.05) is 24.4 Å². The molecule has 3 rings (SSSR count). The highest BCUT2D eigenvalue weighted by Gasteiger charge is 2.08. The van der Waals surface area contributed by atoms with Gasteiger partial charge in [-0.1, -0.05) is 30.3 Å². The van der Waals surface area contributed by atoms with Gasteiger partial charge in [0.1, 0.15) is 17.3 Å². The number of aryl methyl sites for hydroxylation is 2. The van der Waals surface area contributed by atoms with Crippen molar-refractivity contribution in [1.29, 1.82) is 0 Å². The molecule has 6 heteroatoms. The van der Waals surface area contributed by atoms with E-state index >= 15 is 0 Å². The molecule has 3 aromatic rings. The van der Waals surface area contributed by atoms with E-state index in [4.69, 9.17) is 9.47 Å². The lowest BCUT2D eigenvalue weighted by molar-refractivity contribution is 0.405. The summed E-state index contributed by atoms with van der Waals surface area (Å²) < 4.78 is 10.7. The maximum absolute atomic E-state index is 5.42. The van der Waals surface area contributed by atoms with Crippen molar-refractivity contribution in [1.82, 2.24) is 9.97 Å². The Morgan fingerprint density at radius 1 is 0.929 bits per heavy atom. The minimum atomic E-state index is 0.609. The molecule has 1 aromatic heterocycles. The third-order valence-corrected chi connectivity index (χ3v) is 4.29. The van der Waals surface area contributed by atoms with E-state index in [1.807, 2.05) is 37.3 Å². The summed E-state index contributed by atoms with van der Waals surface area (Å²) in [7, 11) is 3.27. The van der Waals surface area contributed by atoms with Crippen molar-refractivity contribution < 1.29 is 9.47 Å². The van der Waals surface area contributed by atoms with Crippen LogP contribution in [-0.2, 0) is 6.42 Å². The topological polar surface area (TPSA) is 68.3 Å². The van der Waals surface area contributed by atoms with Crippen LogP contribution in [0.15, 0.2) is 54.6 Å². The second-order valence-electron chi connectivity index (χ2n) is 6.43. The van der Waals surface area contributed by atoms with Crippen LogP contribution in [0.5, 0.6) is 11.5 Å². The van der Waals surface area contributed by atoms with E-state index < -0.39 is 0 Å². The molecule has 2 aromatic carbocycles. The largest absolute Gasteiger partial charge is 0.497 e. The van der Waals surface area contributed by atoms with Crippen LogP contribution in [0.2, 0.25) is 0 Å². The van der Waals surface area contributed by atoms with Crippen molar-refractivity contribution in [2.75, 3.05) is 31.4 Å². The van der Waals surface area contributed by atoms with Crippen LogP contribution in [-0.4, -0.2) is 30.7 Å². The van der Waals surface area contributed by atoms with E-state index in [1.54, 1.807) is 14.2 Å². The number of benzene rings is 2. The van der Waals surface area contributed by atoms with E-state index in [2.05, 4.69) is 44.9 Å². The number of nitrogens with zero attached hydrogens (tertiary/aromatic N) is 2. The molecule has 0 aliphatic rings. The van der Waals surface area contributed by atoms with Gasteiger partial charge in [-0.05, 0) is 37.5 Å². The molecule has 0 aliphatic heterocycles. The van der Waals surface area contributed by atoms with E-state index in [9.17, 15) is 0 Å². The molecular formula is C22H26N4O2. The Bertz CT molecular complexity index is 900. The third kappa shape index (κ3) is 5.36. The molecule has 0 fully saturated rings. The summed E-state index contributed by atoms with van der Waals surface area (Å²) in [5.74, 6) is 2.77. The smallest absolute Gasteiger partial charge is 0.224 e. The maximum Gasteiger partial charge on any atom is 0.224 e. The molecule has 146 valence electrons. The zero-order valence-electron chi connectivity index (χ0n) is 16.5. The van der Waals surface area contributed by atoms with E-state index in [0.717, 1.165) is 42.3 Å². The predicted molar refractivity (Wildman–Crippen MR) is 113 cm³/mol. The van der Waals surface area contributed by atoms with Crippen LogP contribution in [0, 0.1) is 6.92 Å². The average Bonchev–Trinajstić information content (AvgIpc) is 2.71. The summed E-state index contributed by atoms with van der Waals surface area (Å²) in [6.07, 6.45) is 2.03. The Hall–Kier alpha value is -3.28. The van der Waals surface area contributed by atoms with E-state index in [1.165, 1.54) is 5.56 Å². The van der Waals surface area contributed by atoms with Crippen LogP contribution < -0.4 is 20.1 Å². The minimum absolute atomic E-state index is 0.609. The first-order chi connectivity index (χ1) is 13.7. The van der Waals surface area contributed by atoms with Crippen LogP contribution in [0.4, 0.5) is 17.5 Å². The molecule has 2 N–H and O–H groups in total. The number of hydrogen-bond donors (Lipinski definition) is 2. The number of aromatic nitrogens is 2. The van der Waals surface area contributed by atoms with E-state index in [-0.39, 0.29) is 0 Å². The minimum Gasteiger partial charge on any atom is -0.497 e. The highest BCUT2D eigenvalue weighted by Crippen LogP contribution is 2.31. The molecule has 6 nitrogen and oxygen atoms in total. The normalized spacial score (nSPS) is 10.4. The molecule has 1 heterocycles. The zero-order chi connectivity index (χ0) is 19.8. The molecule has 0 aliphatic carbocycles. The first-order valence-electron chi connectivity index (χ1n) is 9.30. The quantitative estimate of drug-likeness (QED) is 0.531. The maximum atomic E-state index is 5.42. The zero-order valence-corrected chi connectivity index (χ0v) is 16.5. The summed E-state index contributed by atoms with van der Waals surface area (Å²) in [4.78, 5) is 9.05. The molecule has 0 unspecified atom stereocenters. The van der Waals surface area contributed by atoms with Gasteiger partial charge in [0.05, 0.1) is 19.9 Å². The van der Waals surface area contributed by atoms with Crippen molar-refractivity contribution in [2.24, 2.45) is 0 Å². The molecule has 0 saturated heterocycles. The first kappa shape index (κ1) is 19.5. The SMILES string of the molecule is COc1ccc(OC)c(Nc2cc(C)nc(NCCCc3ccccc3)n2)c1. The van der Waals surface area contributed by atoms with Gasteiger partial charge >= 0.3 is 0 Å². The second kappa shape index (κ2) is 9.60. The summed E-state index contributed by atoms with van der Waals surface area (Å²) in [5.41, 5.74) is 3.00. The molecular weight excluding hydrogens is 352 g/mol. The van der Waals surface area contributed by atoms with Crippen molar-refractivity contribution in [2.45, 2.75) is 19.8 Å². The fourth-order valence-electron chi connectivity index (χ4n) is 2.90. The van der Waals surface area contributed by atoms with Gasteiger partial charge in [0.15, 0.2) is 0 Å². The summed E-state index contributed by atoms with van der Waals surface area (Å²) in [6.45, 7) is 2.76. The van der Waals surface area contributed by atoms with Crippen molar-refractivity contribution >= 4 is 17.5 Å². The van der Waals surface area contributed by atoms with Crippen LogP contribution in [0.1, 0.15) is 17.7 Å². The molecule has 0 bridgehead atoms. The van der Waals surface area contributed by atoms with Gasteiger partial charge in [-0.2, -0.15) is 4.98 Å². The van der Waals surface area contributed by atoms with Gasteiger partial charge in [-0.15, -0.1) is 0 Å². The lowest BCUT2D eigenvalue weighted by atomic mass is 10.1. The van der Waals surface area contributed by atoms with Gasteiger partial charge in [-0.3, -0.25) is 0 Å². The highest BCUT2D eigenvalue weighted by atomic mass is 16.5. The summed E-state index contributed by atoms with van der Waals surface area (Å²) >= 11 is 0. The second-order valence-corrected chi connectivity index (χ2v) is 6.43. The molecule has 0 amide bonds. The van der Waals surface area contributed by atoms with Crippen molar-refractivity contribution in [3.8, 4) is 11.5 Å². The Kier molecular flexibility index (Phi) is 6.68. The Balaban J connectivity index is 1.64. The number of methoxy groups -OCH3 is 2. The Morgan fingerprint density at radius 2 is 1.75 bits per heavy atom. The van der Waals surface area contributed by atoms with Crippen LogP contribution in [0.3, 0.4) is 0 Å². The lowest BCUT2D eigenvalue weighted by Gasteiger charge is -2.13. The predicted octanol–water partition coefficient (Wildman–Crippen LogP) is 4.59. The fourth-order valence-corrected chi connectivity index (χ4v) is 2.90. The standard InChI is InChI=1S/C22H26N4O2/c1-16-14-21(25-19-15-18(27-2)11-12-20(19)28-3)26-22(24-16)23-13-7-10-17-8-5-4-6-9-17/h4-6,8-9,11-12,14-15H,7,10,13H2,1-3H3,(H2,23,24,25,26). The van der Waals surface area contributed by atoms with E-state index in [0.29, 0.717) is 11.8 Å². The Morgan fingerprint density at radius 3 is 2.50 bits per heavy atom. The summed E-state index contributed by atoms with van der Waals surface area (Å²) in [6, 6.07) is 18.0. The molecule has 0 radical (unpaired) electrons. The molecule has 28 heavy (non-hydrogen) atoms. The monoisotopic (exact) mass is 378 g/mol. The third-order valence-electron chi connectivity index (χ3n) is 4.29. The first-order valence-corrected chi connectivity index (χ1v) is 9.30. The number of nitrogens with one attached hydrogen (secondary N) is 2. The summed E-state index contributed by atoms with van der Waals surface area (Å²) in [5, 5.41) is 6.61. The fraction of sp³-hybridized carbons (Fsp3) is 0.273. The number of ether oxygens (including phenoxy) is 2. The number of anilines is 3. The number of rotatable bonds is 9. The van der Waals surface area contributed by atoms with Gasteiger partial charge in [0.2, 0.25) is 5.95 Å². The number of hydrogen-bond acceptors (Lipinski definition) is 6. The van der Waals surface area contributed by atoms with Crippen molar-refractivity contribution in [3.05, 3.63) is 65.9 Å². The molecule has 0 spiro atoms. The van der Waals surface area contributed by atoms with Crippen LogP contribution in [0.25, 0.3) is 0 Å². The Labute approximate surface area is 166 Å². The van der Waals surface area contributed by atoms with Crippen molar-refractivity contribution in [3.63, 3.8) is 0 Å². The van der Waals surface area contributed by atoms with Gasteiger partial charge in [0.25, 0.3) is 0 Å². The van der Waals surface area contributed by atoms with Gasteiger partial charge in [-0.25, -0.2) is 4.98 Å². The molecule has 0 atom stereocenters. The van der Waals surface area contributed by atoms with Gasteiger partial charge < -0.3 is 20.1 Å². The molecule has 0 saturated carbocycles. The lowest BCUT2D eigenvalue weighted by Crippen LogP contribution is -2.08. The highest BCUT2D eigenvalue weighted by molar-refractivity contribution is 5.67. The average molecular weight is 378 g/mol. The van der Waals surface area contributed by atoms with Crippen LogP contribution >= 0.6 is 0 Å².